The van der Waals surface area contributed by atoms with E-state index >= 15 is 0 Å². The van der Waals surface area contributed by atoms with Crippen LogP contribution in [0.3, 0.4) is 0 Å². The third-order valence-corrected chi connectivity index (χ3v) is 4.90. The van der Waals surface area contributed by atoms with Crippen molar-refractivity contribution in [2.24, 2.45) is 11.8 Å². The van der Waals surface area contributed by atoms with Crippen LogP contribution < -0.4 is 10.6 Å². The van der Waals surface area contributed by atoms with Crippen molar-refractivity contribution >= 4 is 11.8 Å². The fourth-order valence-corrected chi connectivity index (χ4v) is 3.17. The fraction of sp³-hybridized carbons (Fsp3) is 0.600. The second-order valence-electron chi connectivity index (χ2n) is 7.28. The quantitative estimate of drug-likeness (QED) is 0.832. The van der Waals surface area contributed by atoms with Crippen molar-refractivity contribution in [2.45, 2.75) is 52.6 Å². The Kier molecular flexibility index (Phi) is 7.00. The molecule has 2 amide bonds. The van der Waals surface area contributed by atoms with E-state index in [0.717, 1.165) is 25.0 Å². The van der Waals surface area contributed by atoms with E-state index in [-0.39, 0.29) is 23.8 Å². The Morgan fingerprint density at radius 3 is 2.48 bits per heavy atom. The molecule has 0 radical (unpaired) electrons. The normalized spacial score (nSPS) is 20.0. The standard InChI is InChI=1S/C20H30N2O3/c1-13(2)18(22-19(23)17-10-6-5-8-14(17)3)20(24)21-15(4)16-9-7-11-25-12-16/h5-6,8,10,13,15-16,18H,7,9,11-12H2,1-4H3,(H,21,24)(H,22,23)/t15-,16-,18-/m0/s1. The van der Waals surface area contributed by atoms with E-state index in [4.69, 9.17) is 4.74 Å². The Labute approximate surface area is 150 Å². The second-order valence-corrected chi connectivity index (χ2v) is 7.28. The first-order valence-corrected chi connectivity index (χ1v) is 9.14. The smallest absolute Gasteiger partial charge is 0.252 e. The third kappa shape index (κ3) is 5.30. The van der Waals surface area contributed by atoms with Gasteiger partial charge in [-0.05, 0) is 44.2 Å². The lowest BCUT2D eigenvalue weighted by atomic mass is 9.94. The Hall–Kier alpha value is -1.88. The largest absolute Gasteiger partial charge is 0.381 e. The van der Waals surface area contributed by atoms with Crippen molar-refractivity contribution in [3.63, 3.8) is 0 Å². The molecule has 1 fully saturated rings. The number of ether oxygens (including phenoxy) is 1. The summed E-state index contributed by atoms with van der Waals surface area (Å²) in [4.78, 5) is 25.3. The molecule has 1 aromatic rings. The molecule has 0 spiro atoms. The summed E-state index contributed by atoms with van der Waals surface area (Å²) in [5, 5.41) is 5.97. The van der Waals surface area contributed by atoms with Gasteiger partial charge in [0.2, 0.25) is 5.91 Å². The first-order chi connectivity index (χ1) is 11.9. The molecule has 2 rings (SSSR count). The van der Waals surface area contributed by atoms with Crippen LogP contribution in [-0.4, -0.2) is 37.1 Å². The highest BCUT2D eigenvalue weighted by atomic mass is 16.5. The second kappa shape index (κ2) is 8.99. The minimum absolute atomic E-state index is 0.00257. The Morgan fingerprint density at radius 2 is 1.88 bits per heavy atom. The molecule has 5 heteroatoms. The SMILES string of the molecule is Cc1ccccc1C(=O)N[C@H](C(=O)N[C@@H](C)[C@H]1CCCOC1)C(C)C. The lowest BCUT2D eigenvalue weighted by Crippen LogP contribution is -2.53. The molecule has 1 aliphatic heterocycles. The highest BCUT2D eigenvalue weighted by molar-refractivity contribution is 5.98. The van der Waals surface area contributed by atoms with E-state index < -0.39 is 6.04 Å². The van der Waals surface area contributed by atoms with Crippen LogP contribution in [0.5, 0.6) is 0 Å². The lowest BCUT2D eigenvalue weighted by molar-refractivity contribution is -0.125. The minimum atomic E-state index is -0.556. The maximum Gasteiger partial charge on any atom is 0.252 e. The molecule has 0 saturated carbocycles. The molecule has 1 heterocycles. The number of amides is 2. The predicted molar refractivity (Wildman–Crippen MR) is 98.4 cm³/mol. The lowest BCUT2D eigenvalue weighted by Gasteiger charge is -2.30. The molecule has 2 N–H and O–H groups in total. The third-order valence-electron chi connectivity index (χ3n) is 4.90. The van der Waals surface area contributed by atoms with Gasteiger partial charge in [-0.25, -0.2) is 0 Å². The molecule has 1 aromatic carbocycles. The summed E-state index contributed by atoms with van der Waals surface area (Å²) < 4.78 is 5.51. The zero-order valence-corrected chi connectivity index (χ0v) is 15.7. The van der Waals surface area contributed by atoms with Crippen LogP contribution in [0.2, 0.25) is 0 Å². The molecular weight excluding hydrogens is 316 g/mol. The van der Waals surface area contributed by atoms with Crippen LogP contribution in [0.1, 0.15) is 49.5 Å². The molecule has 1 saturated heterocycles. The van der Waals surface area contributed by atoms with Crippen molar-refractivity contribution in [3.8, 4) is 0 Å². The zero-order valence-electron chi connectivity index (χ0n) is 15.7. The van der Waals surface area contributed by atoms with E-state index in [0.29, 0.717) is 18.1 Å². The van der Waals surface area contributed by atoms with Crippen molar-refractivity contribution in [2.75, 3.05) is 13.2 Å². The Bertz CT molecular complexity index is 594. The zero-order chi connectivity index (χ0) is 18.4. The van der Waals surface area contributed by atoms with Gasteiger partial charge in [-0.3, -0.25) is 9.59 Å². The number of carbonyl (C=O) groups excluding carboxylic acids is 2. The summed E-state index contributed by atoms with van der Waals surface area (Å²) in [7, 11) is 0. The number of hydrogen-bond donors (Lipinski definition) is 2. The molecule has 0 bridgehead atoms. The van der Waals surface area contributed by atoms with E-state index in [9.17, 15) is 9.59 Å². The first-order valence-electron chi connectivity index (χ1n) is 9.14. The maximum absolute atomic E-state index is 12.7. The van der Waals surface area contributed by atoms with Crippen LogP contribution in [0.25, 0.3) is 0 Å². The van der Waals surface area contributed by atoms with Crippen LogP contribution in [-0.2, 0) is 9.53 Å². The molecule has 1 aliphatic rings. The van der Waals surface area contributed by atoms with Gasteiger partial charge in [-0.1, -0.05) is 32.0 Å². The van der Waals surface area contributed by atoms with Crippen LogP contribution in [0.4, 0.5) is 0 Å². The molecular formula is C20H30N2O3. The highest BCUT2D eigenvalue weighted by Gasteiger charge is 2.28. The van der Waals surface area contributed by atoms with Gasteiger partial charge in [-0.15, -0.1) is 0 Å². The van der Waals surface area contributed by atoms with E-state index in [2.05, 4.69) is 10.6 Å². The minimum Gasteiger partial charge on any atom is -0.381 e. The average Bonchev–Trinajstić information content (AvgIpc) is 2.60. The van der Waals surface area contributed by atoms with Crippen molar-refractivity contribution in [1.82, 2.24) is 10.6 Å². The summed E-state index contributed by atoms with van der Waals surface area (Å²) in [6.45, 7) is 9.28. The Balaban J connectivity index is 2.00. The summed E-state index contributed by atoms with van der Waals surface area (Å²) in [6, 6.07) is 6.87. The molecule has 25 heavy (non-hydrogen) atoms. The van der Waals surface area contributed by atoms with Crippen LogP contribution >= 0.6 is 0 Å². The first kappa shape index (κ1) is 19.4. The molecule has 5 nitrogen and oxygen atoms in total. The average molecular weight is 346 g/mol. The van der Waals surface area contributed by atoms with Gasteiger partial charge < -0.3 is 15.4 Å². The fourth-order valence-electron chi connectivity index (χ4n) is 3.17. The number of carbonyl (C=O) groups is 2. The monoisotopic (exact) mass is 346 g/mol. The van der Waals surface area contributed by atoms with Gasteiger partial charge in [0.25, 0.3) is 5.91 Å². The summed E-state index contributed by atoms with van der Waals surface area (Å²) in [6.07, 6.45) is 2.09. The van der Waals surface area contributed by atoms with Crippen molar-refractivity contribution in [1.29, 1.82) is 0 Å². The van der Waals surface area contributed by atoms with E-state index in [1.54, 1.807) is 6.07 Å². The molecule has 0 unspecified atom stereocenters. The summed E-state index contributed by atoms with van der Waals surface area (Å²) in [5.74, 6) is -0.00374. The number of hydrogen-bond acceptors (Lipinski definition) is 3. The van der Waals surface area contributed by atoms with Crippen molar-refractivity contribution in [3.05, 3.63) is 35.4 Å². The van der Waals surface area contributed by atoms with Crippen LogP contribution in [0, 0.1) is 18.8 Å². The van der Waals surface area contributed by atoms with Gasteiger partial charge >= 0.3 is 0 Å². The van der Waals surface area contributed by atoms with E-state index in [1.807, 2.05) is 45.9 Å². The van der Waals surface area contributed by atoms with Gasteiger partial charge in [0, 0.05) is 24.1 Å². The maximum atomic E-state index is 12.7. The van der Waals surface area contributed by atoms with Gasteiger partial charge in [0.1, 0.15) is 6.04 Å². The van der Waals surface area contributed by atoms with E-state index in [1.165, 1.54) is 0 Å². The molecule has 3 atom stereocenters. The topological polar surface area (TPSA) is 67.4 Å². The summed E-state index contributed by atoms with van der Waals surface area (Å²) >= 11 is 0. The molecule has 138 valence electrons. The van der Waals surface area contributed by atoms with Crippen LogP contribution in [0.15, 0.2) is 24.3 Å². The van der Waals surface area contributed by atoms with Gasteiger partial charge in [-0.2, -0.15) is 0 Å². The number of benzene rings is 1. The Morgan fingerprint density at radius 1 is 1.16 bits per heavy atom. The molecule has 0 aliphatic carbocycles. The highest BCUT2D eigenvalue weighted by Crippen LogP contribution is 2.18. The number of nitrogens with one attached hydrogen (secondary N) is 2. The van der Waals surface area contributed by atoms with Crippen molar-refractivity contribution < 1.29 is 14.3 Å². The summed E-state index contributed by atoms with van der Waals surface area (Å²) in [5.41, 5.74) is 1.50. The molecule has 0 aromatic heterocycles. The van der Waals surface area contributed by atoms with Gasteiger partial charge in [0.15, 0.2) is 0 Å². The number of aryl methyl sites for hydroxylation is 1. The van der Waals surface area contributed by atoms with Gasteiger partial charge in [0.05, 0.1) is 6.61 Å². The predicted octanol–water partition coefficient (Wildman–Crippen LogP) is 2.68. The number of rotatable bonds is 6.